The number of nitrogens with zero attached hydrogens (tertiary/aromatic N) is 4. The molecule has 0 spiro atoms. The maximum absolute atomic E-state index is 6.32. The Balaban J connectivity index is 0.000000148. The van der Waals surface area contributed by atoms with Gasteiger partial charge in [0.25, 0.3) is 0 Å². The van der Waals surface area contributed by atoms with Gasteiger partial charge in [0.05, 0.1) is 43.8 Å². The quantitative estimate of drug-likeness (QED) is 0.0597. The SMILES string of the molecule is c1ccc(-n2c3ccccc3c3c(N(c4ccc(-c5cccc([Si](c6ccccc6)(c6ccccc6)c6ccccc6)c5)cc4)c4ccc(-c5ccc6c(c5)oc5ccccc56)cc4)cccc32)cc1.c1ccc(-n2c3ccccc3c3c(N(c4ccc(-c5cccc([Si](c6ccccc6)(c6ccccc6)c6ccccc6)c5)cc4)c4cccc5c4sc4ccccc45)cccc32)cc1. The van der Waals surface area contributed by atoms with Crippen LogP contribution < -0.4 is 51.3 Å². The van der Waals surface area contributed by atoms with E-state index in [2.05, 4.69) is 541 Å². The van der Waals surface area contributed by atoms with Gasteiger partial charge in [0.2, 0.25) is 0 Å². The first-order valence-electron chi connectivity index (χ1n) is 45.9. The van der Waals surface area contributed by atoms with Crippen LogP contribution in [0.15, 0.2) is 538 Å². The average molecular weight is 1760 g/mol. The fraction of sp³-hybridized carbons (Fsp3) is 0. The van der Waals surface area contributed by atoms with Crippen LogP contribution in [0.3, 0.4) is 0 Å². The van der Waals surface area contributed by atoms with Crippen molar-refractivity contribution in [1.82, 2.24) is 9.13 Å². The summed E-state index contributed by atoms with van der Waals surface area (Å²) in [5.41, 5.74) is 22.4. The van der Waals surface area contributed by atoms with E-state index >= 15 is 0 Å². The number of anilines is 6. The van der Waals surface area contributed by atoms with Crippen molar-refractivity contribution in [2.75, 3.05) is 9.80 Å². The summed E-state index contributed by atoms with van der Waals surface area (Å²) in [7, 11) is -5.42. The van der Waals surface area contributed by atoms with Crippen molar-refractivity contribution >= 4 is 189 Å². The molecular weight excluding hydrogens is 1670 g/mol. The second kappa shape index (κ2) is 34.6. The molecule has 632 valence electrons. The molecule has 0 bridgehead atoms. The standard InChI is InChI=1S/C66H46N2OSi.C60H42N2SSi/c1-5-20-51(21-6-1)68-61-31-15-13-30-60(61)66-62(32-18-33-63(66)68)67(53-42-37-48(38-43-53)50-39-44-59-58-29-14-16-34-64(58)69-65(59)46-50)52-40-35-47(36-41-52)49-19-17-28-57(45-49)70(54-22-7-2-8-23-54,55-24-9-3-10-25-55)56-26-11-4-12-27-56;1-5-21-45(22-6-1)61-54-33-15-13-31-53(54)59-55(61)34-19-35-56(59)62(57-36-18-32-52-51-30-14-16-37-58(51)63-60(52)57)46-40-38-43(39-41-46)44-20-17-29-50(42-44)64(47-23-7-2-8-24-47,48-25-9-3-10-26-48)49-27-11-4-12-28-49/h1-46H;1-42H. The lowest BCUT2D eigenvalue weighted by atomic mass is 10.0. The van der Waals surface area contributed by atoms with Gasteiger partial charge < -0.3 is 23.4 Å². The van der Waals surface area contributed by atoms with Crippen LogP contribution in [0.5, 0.6) is 0 Å². The fourth-order valence-electron chi connectivity index (χ4n) is 21.1. The largest absolute Gasteiger partial charge is 0.456 e. The third kappa shape index (κ3) is 14.0. The Hall–Kier alpha value is -16.7. The van der Waals surface area contributed by atoms with Crippen LogP contribution in [0, 0.1) is 0 Å². The molecule has 0 radical (unpaired) electrons. The Morgan fingerprint density at radius 2 is 0.500 bits per heavy atom. The third-order valence-corrected chi connectivity index (χ3v) is 37.8. The molecule has 5 nitrogen and oxygen atoms in total. The molecule has 0 aliphatic rings. The topological polar surface area (TPSA) is 29.5 Å². The molecule has 8 heteroatoms. The summed E-state index contributed by atoms with van der Waals surface area (Å²) in [6, 6.07) is 196. The molecule has 0 saturated carbocycles. The van der Waals surface area contributed by atoms with Crippen molar-refractivity contribution < 1.29 is 4.42 Å². The highest BCUT2D eigenvalue weighted by molar-refractivity contribution is 7.26. The van der Waals surface area contributed by atoms with E-state index in [0.717, 1.165) is 84.0 Å². The Morgan fingerprint density at radius 3 is 0.940 bits per heavy atom. The number of furan rings is 1. The summed E-state index contributed by atoms with van der Waals surface area (Å²) < 4.78 is 13.7. The number of rotatable bonds is 19. The van der Waals surface area contributed by atoms with Crippen molar-refractivity contribution in [1.29, 1.82) is 0 Å². The Bertz CT molecular complexity index is 8400. The highest BCUT2D eigenvalue weighted by Gasteiger charge is 2.43. The second-order valence-electron chi connectivity index (χ2n) is 34.4. The lowest BCUT2D eigenvalue weighted by molar-refractivity contribution is 0.669. The minimum Gasteiger partial charge on any atom is -0.456 e. The molecule has 0 fully saturated rings. The molecule has 0 aliphatic carbocycles. The summed E-state index contributed by atoms with van der Waals surface area (Å²) in [5, 5.41) is 20.6. The maximum Gasteiger partial charge on any atom is 0.179 e. The molecular formula is C126H88N4OSSi2. The third-order valence-electron chi connectivity index (χ3n) is 27.1. The Labute approximate surface area is 784 Å². The van der Waals surface area contributed by atoms with Gasteiger partial charge in [0.15, 0.2) is 16.1 Å². The highest BCUT2D eigenvalue weighted by Crippen LogP contribution is 2.50. The molecule has 134 heavy (non-hydrogen) atoms. The predicted octanol–water partition coefficient (Wildman–Crippen LogP) is 28.5. The van der Waals surface area contributed by atoms with E-state index < -0.39 is 16.1 Å². The smallest absolute Gasteiger partial charge is 0.179 e. The van der Waals surface area contributed by atoms with Gasteiger partial charge >= 0.3 is 0 Å². The molecule has 4 aromatic heterocycles. The number of para-hydroxylation sites is 5. The van der Waals surface area contributed by atoms with Crippen molar-refractivity contribution in [3.63, 3.8) is 0 Å². The number of benzene rings is 21. The Kier molecular flexibility index (Phi) is 20.8. The molecule has 0 amide bonds. The first-order valence-corrected chi connectivity index (χ1v) is 50.7. The first kappa shape index (κ1) is 80.6. The van der Waals surface area contributed by atoms with Crippen LogP contribution in [0.25, 0.3) is 130 Å². The first-order chi connectivity index (χ1) is 66.5. The molecule has 0 atom stereocenters. The monoisotopic (exact) mass is 1760 g/mol. The molecule has 0 unspecified atom stereocenters. The van der Waals surface area contributed by atoms with Gasteiger partial charge in [0.1, 0.15) is 11.2 Å². The molecule has 4 heterocycles. The zero-order chi connectivity index (χ0) is 88.9. The van der Waals surface area contributed by atoms with E-state index in [1.165, 1.54) is 122 Å². The maximum atomic E-state index is 6.32. The van der Waals surface area contributed by atoms with E-state index in [1.54, 1.807) is 0 Å². The lowest BCUT2D eigenvalue weighted by Gasteiger charge is -2.34. The molecule has 0 aliphatic heterocycles. The van der Waals surface area contributed by atoms with Crippen LogP contribution in [-0.2, 0) is 0 Å². The summed E-state index contributed by atoms with van der Waals surface area (Å²) in [6.07, 6.45) is 0. The van der Waals surface area contributed by atoms with Crippen LogP contribution >= 0.6 is 11.3 Å². The number of hydrogen-bond acceptors (Lipinski definition) is 4. The van der Waals surface area contributed by atoms with Crippen LogP contribution in [0.1, 0.15) is 0 Å². The fourth-order valence-corrected chi connectivity index (χ4v) is 31.9. The van der Waals surface area contributed by atoms with Crippen LogP contribution in [0.4, 0.5) is 34.1 Å². The van der Waals surface area contributed by atoms with E-state index in [1.807, 2.05) is 23.5 Å². The van der Waals surface area contributed by atoms with Crippen molar-refractivity contribution in [3.8, 4) is 44.8 Å². The van der Waals surface area contributed by atoms with Gasteiger partial charge in [-0.15, -0.1) is 11.3 Å². The van der Waals surface area contributed by atoms with E-state index in [0.29, 0.717) is 0 Å². The van der Waals surface area contributed by atoms with Crippen LogP contribution in [-0.4, -0.2) is 25.3 Å². The van der Waals surface area contributed by atoms with Gasteiger partial charge in [-0.05, 0) is 202 Å². The van der Waals surface area contributed by atoms with Crippen molar-refractivity contribution in [2.24, 2.45) is 0 Å². The Morgan fingerprint density at radius 1 is 0.194 bits per heavy atom. The van der Waals surface area contributed by atoms with Crippen molar-refractivity contribution in [3.05, 3.63) is 534 Å². The predicted molar refractivity (Wildman–Crippen MR) is 575 cm³/mol. The van der Waals surface area contributed by atoms with Gasteiger partial charge in [-0.2, -0.15) is 0 Å². The molecule has 25 aromatic rings. The zero-order valence-electron chi connectivity index (χ0n) is 73.4. The van der Waals surface area contributed by atoms with Gasteiger partial charge in [-0.25, -0.2) is 0 Å². The normalized spacial score (nSPS) is 11.7. The average Bonchev–Trinajstić information content (AvgIpc) is 0.920. The lowest BCUT2D eigenvalue weighted by Crippen LogP contribution is -2.74. The summed E-state index contributed by atoms with van der Waals surface area (Å²) in [6.45, 7) is 0. The van der Waals surface area contributed by atoms with Crippen molar-refractivity contribution in [2.45, 2.75) is 0 Å². The van der Waals surface area contributed by atoms with Gasteiger partial charge in [-0.1, -0.05) is 406 Å². The number of aromatic nitrogens is 2. The molecule has 0 N–H and O–H groups in total. The number of hydrogen-bond donors (Lipinski definition) is 0. The van der Waals surface area contributed by atoms with Crippen LogP contribution in [0.2, 0.25) is 0 Å². The minimum atomic E-state index is -2.72. The number of fused-ring (bicyclic) bond motifs is 12. The van der Waals surface area contributed by atoms with E-state index in [4.69, 9.17) is 4.42 Å². The molecule has 0 saturated heterocycles. The van der Waals surface area contributed by atoms with E-state index in [-0.39, 0.29) is 0 Å². The van der Waals surface area contributed by atoms with Gasteiger partial charge in [-0.3, -0.25) is 0 Å². The zero-order valence-corrected chi connectivity index (χ0v) is 76.2. The summed E-state index contributed by atoms with van der Waals surface area (Å²) in [5.74, 6) is 0. The molecule has 25 rings (SSSR count). The van der Waals surface area contributed by atoms with E-state index in [9.17, 15) is 0 Å². The highest BCUT2D eigenvalue weighted by atomic mass is 32.1. The number of thiophene rings is 1. The summed E-state index contributed by atoms with van der Waals surface area (Å²) >= 11 is 1.87. The second-order valence-corrected chi connectivity index (χ2v) is 43.1. The molecule has 21 aromatic carbocycles. The minimum absolute atomic E-state index is 0.893. The summed E-state index contributed by atoms with van der Waals surface area (Å²) in [4.78, 5) is 4.93. The van der Waals surface area contributed by atoms with Gasteiger partial charge in [0, 0.05) is 76.2 Å².